The molecule has 4 aromatic rings. The molecule has 4 aromatic carbocycles. The van der Waals surface area contributed by atoms with Gasteiger partial charge in [0.05, 0.1) is 23.8 Å². The van der Waals surface area contributed by atoms with Crippen molar-refractivity contribution in [2.45, 2.75) is 32.0 Å². The Morgan fingerprint density at radius 2 is 1.26 bits per heavy atom. The number of halogens is 6. The number of hydrogen-bond donors (Lipinski definition) is 1. The number of carbonyl (C=O) groups is 1. The first-order valence-electron chi connectivity index (χ1n) is 14.3. The number of rotatable bonds is 9. The van der Waals surface area contributed by atoms with Crippen molar-refractivity contribution in [2.75, 3.05) is 20.2 Å². The predicted octanol–water partition coefficient (Wildman–Crippen LogP) is 8.71. The predicted molar refractivity (Wildman–Crippen MR) is 160 cm³/mol. The van der Waals surface area contributed by atoms with Crippen molar-refractivity contribution < 1.29 is 45.3 Å². The van der Waals surface area contributed by atoms with Crippen molar-refractivity contribution >= 4 is 11.5 Å². The van der Waals surface area contributed by atoms with E-state index in [2.05, 4.69) is 5.32 Å². The summed E-state index contributed by atoms with van der Waals surface area (Å²) in [7, 11) is 1.25. The largest absolute Gasteiger partial charge is 0.488 e. The van der Waals surface area contributed by atoms with Crippen LogP contribution < -0.4 is 14.8 Å². The van der Waals surface area contributed by atoms with E-state index in [9.17, 15) is 31.1 Å². The highest BCUT2D eigenvalue weighted by Gasteiger charge is 2.35. The molecule has 0 unspecified atom stereocenters. The van der Waals surface area contributed by atoms with Crippen LogP contribution in [0.1, 0.15) is 44.6 Å². The van der Waals surface area contributed by atoms with E-state index in [-0.39, 0.29) is 30.3 Å². The summed E-state index contributed by atoms with van der Waals surface area (Å²) in [5.74, 6) is -1.23. The van der Waals surface area contributed by atoms with E-state index in [1.54, 1.807) is 36.4 Å². The normalized spacial score (nSPS) is 13.6. The Balaban J connectivity index is 1.61. The summed E-state index contributed by atoms with van der Waals surface area (Å²) >= 11 is 0. The third kappa shape index (κ3) is 7.54. The number of para-hydroxylation sites is 2. The lowest BCUT2D eigenvalue weighted by Gasteiger charge is -2.22. The molecule has 0 radical (unpaired) electrons. The van der Waals surface area contributed by atoms with E-state index in [1.165, 1.54) is 43.5 Å². The second-order valence-electron chi connectivity index (χ2n) is 10.5. The number of carbonyl (C=O) groups excluding carboxylic acids is 1. The van der Waals surface area contributed by atoms with E-state index in [1.807, 2.05) is 6.08 Å². The standard InChI is InChI=1S/C35H29F6NO4/c1-44-33(43)24-12-10-22(11-13-24)27-18-26(21-46-32-9-5-3-7-30(32)35(39,40)41)28(23-14-16-42-17-15-23)19-25(27)20-45-31-8-4-2-6-29(31)34(36,37)38/h2-14,18-19,42H,15-17,20-21H2,1H3. The number of ether oxygens (including phenoxy) is 3. The molecular formula is C35H29F6NO4. The van der Waals surface area contributed by atoms with Crippen molar-refractivity contribution in [3.8, 4) is 22.6 Å². The molecule has 1 N–H and O–H groups in total. The van der Waals surface area contributed by atoms with Gasteiger partial charge in [-0.05, 0) is 94.9 Å². The molecule has 0 bridgehead atoms. The Morgan fingerprint density at radius 3 is 1.76 bits per heavy atom. The third-order valence-electron chi connectivity index (χ3n) is 7.51. The number of benzene rings is 4. The first-order valence-corrected chi connectivity index (χ1v) is 14.3. The van der Waals surface area contributed by atoms with Gasteiger partial charge in [-0.15, -0.1) is 0 Å². The van der Waals surface area contributed by atoms with Crippen LogP contribution >= 0.6 is 0 Å². The molecule has 1 aliphatic rings. The molecule has 0 spiro atoms. The zero-order chi connectivity index (χ0) is 32.9. The first-order chi connectivity index (χ1) is 22.0. The van der Waals surface area contributed by atoms with Crippen molar-refractivity contribution in [3.63, 3.8) is 0 Å². The fourth-order valence-corrected chi connectivity index (χ4v) is 5.23. The minimum Gasteiger partial charge on any atom is -0.488 e. The summed E-state index contributed by atoms with van der Waals surface area (Å²) in [6.07, 6.45) is -6.70. The lowest BCUT2D eigenvalue weighted by Crippen LogP contribution is -2.20. The van der Waals surface area contributed by atoms with Gasteiger partial charge in [-0.2, -0.15) is 26.3 Å². The average Bonchev–Trinajstić information content (AvgIpc) is 3.06. The fourth-order valence-electron chi connectivity index (χ4n) is 5.23. The zero-order valence-electron chi connectivity index (χ0n) is 24.6. The lowest BCUT2D eigenvalue weighted by molar-refractivity contribution is -0.139. The molecule has 46 heavy (non-hydrogen) atoms. The van der Waals surface area contributed by atoms with Crippen LogP contribution in [0.5, 0.6) is 11.5 Å². The van der Waals surface area contributed by atoms with Crippen LogP contribution in [-0.4, -0.2) is 26.2 Å². The quantitative estimate of drug-likeness (QED) is 0.146. The molecule has 5 rings (SSSR count). The molecule has 0 atom stereocenters. The molecule has 0 aromatic heterocycles. The highest BCUT2D eigenvalue weighted by atomic mass is 19.4. The molecule has 1 aliphatic heterocycles. The van der Waals surface area contributed by atoms with Gasteiger partial charge in [0, 0.05) is 6.54 Å². The van der Waals surface area contributed by atoms with Crippen LogP contribution in [0.25, 0.3) is 16.7 Å². The van der Waals surface area contributed by atoms with Crippen LogP contribution in [-0.2, 0) is 30.3 Å². The van der Waals surface area contributed by atoms with Crippen LogP contribution in [0.2, 0.25) is 0 Å². The first kappa shape index (κ1) is 32.6. The molecule has 0 amide bonds. The molecule has 0 saturated heterocycles. The molecule has 11 heteroatoms. The number of methoxy groups -OCH3 is 1. The number of nitrogens with one attached hydrogen (secondary N) is 1. The Kier molecular flexibility index (Phi) is 9.71. The maximum Gasteiger partial charge on any atom is 0.419 e. The Morgan fingerprint density at radius 1 is 0.739 bits per heavy atom. The summed E-state index contributed by atoms with van der Waals surface area (Å²) in [5.41, 5.74) is 2.27. The second-order valence-corrected chi connectivity index (χ2v) is 10.5. The van der Waals surface area contributed by atoms with Gasteiger partial charge in [-0.25, -0.2) is 4.79 Å². The second kappa shape index (κ2) is 13.7. The average molecular weight is 642 g/mol. The van der Waals surface area contributed by atoms with E-state index in [4.69, 9.17) is 14.2 Å². The van der Waals surface area contributed by atoms with Gasteiger partial charge >= 0.3 is 18.3 Å². The number of esters is 1. The van der Waals surface area contributed by atoms with E-state index < -0.39 is 29.4 Å². The minimum absolute atomic E-state index is 0.224. The van der Waals surface area contributed by atoms with E-state index >= 15 is 0 Å². The Hall–Kier alpha value is -4.77. The lowest BCUT2D eigenvalue weighted by atomic mass is 9.89. The van der Waals surface area contributed by atoms with Crippen LogP contribution in [0.3, 0.4) is 0 Å². The smallest absolute Gasteiger partial charge is 0.419 e. The zero-order valence-corrected chi connectivity index (χ0v) is 24.6. The highest BCUT2D eigenvalue weighted by Crippen LogP contribution is 2.39. The monoisotopic (exact) mass is 641 g/mol. The van der Waals surface area contributed by atoms with E-state index in [0.29, 0.717) is 47.3 Å². The van der Waals surface area contributed by atoms with Crippen LogP contribution in [0.15, 0.2) is 91.0 Å². The summed E-state index contributed by atoms with van der Waals surface area (Å²) in [6.45, 7) is 0.745. The van der Waals surface area contributed by atoms with Gasteiger partial charge in [0.2, 0.25) is 0 Å². The van der Waals surface area contributed by atoms with Crippen molar-refractivity contribution in [2.24, 2.45) is 0 Å². The molecule has 0 saturated carbocycles. The molecule has 0 aliphatic carbocycles. The summed E-state index contributed by atoms with van der Waals surface area (Å²) < 4.78 is 98.6. The van der Waals surface area contributed by atoms with Crippen LogP contribution in [0.4, 0.5) is 26.3 Å². The van der Waals surface area contributed by atoms with Gasteiger partial charge < -0.3 is 19.5 Å². The molecule has 0 fully saturated rings. The molecular weight excluding hydrogens is 612 g/mol. The molecule has 1 heterocycles. The number of hydrogen-bond acceptors (Lipinski definition) is 5. The maximum atomic E-state index is 13.7. The van der Waals surface area contributed by atoms with Gasteiger partial charge in [0.1, 0.15) is 24.7 Å². The number of alkyl halides is 6. The van der Waals surface area contributed by atoms with Crippen molar-refractivity contribution in [1.82, 2.24) is 5.32 Å². The van der Waals surface area contributed by atoms with E-state index in [0.717, 1.165) is 17.7 Å². The summed E-state index contributed by atoms with van der Waals surface area (Å²) in [4.78, 5) is 12.1. The third-order valence-corrected chi connectivity index (χ3v) is 7.51. The molecule has 240 valence electrons. The van der Waals surface area contributed by atoms with Gasteiger partial charge in [-0.1, -0.05) is 42.5 Å². The SMILES string of the molecule is COC(=O)c1ccc(-c2cc(COc3ccccc3C(F)(F)F)c(C3=CCNCC3)cc2COc2ccccc2C(F)(F)F)cc1. The van der Waals surface area contributed by atoms with Gasteiger partial charge in [-0.3, -0.25) is 0 Å². The minimum atomic E-state index is -4.64. The van der Waals surface area contributed by atoms with Crippen molar-refractivity contribution in [1.29, 1.82) is 0 Å². The van der Waals surface area contributed by atoms with Crippen LogP contribution in [0, 0.1) is 0 Å². The van der Waals surface area contributed by atoms with Gasteiger partial charge in [0.15, 0.2) is 0 Å². The maximum absolute atomic E-state index is 13.7. The topological polar surface area (TPSA) is 56.8 Å². The Bertz CT molecular complexity index is 1730. The fraction of sp³-hybridized carbons (Fsp3) is 0.229. The van der Waals surface area contributed by atoms with Crippen molar-refractivity contribution in [3.05, 3.63) is 124 Å². The summed E-state index contributed by atoms with van der Waals surface area (Å²) in [5, 5.41) is 3.22. The summed E-state index contributed by atoms with van der Waals surface area (Å²) in [6, 6.07) is 19.8. The Labute approximate surface area is 261 Å². The van der Waals surface area contributed by atoms with Gasteiger partial charge in [0.25, 0.3) is 0 Å². The highest BCUT2D eigenvalue weighted by molar-refractivity contribution is 5.90. The molecule has 5 nitrogen and oxygen atoms in total.